The van der Waals surface area contributed by atoms with Gasteiger partial charge < -0.3 is 16.0 Å². The highest BCUT2D eigenvalue weighted by Gasteiger charge is 2.21. The number of benzene rings is 1. The molecule has 2 aliphatic rings. The van der Waals surface area contributed by atoms with Gasteiger partial charge in [-0.1, -0.05) is 0 Å². The quantitative estimate of drug-likeness (QED) is 0.765. The lowest BCUT2D eigenvalue weighted by atomic mass is 9.98. The second-order valence-corrected chi connectivity index (χ2v) is 5.45. The zero-order valence-electron chi connectivity index (χ0n) is 11.4. The first-order chi connectivity index (χ1) is 9.72. The minimum absolute atomic E-state index is 0.0551. The average molecular weight is 273 g/mol. The Morgan fingerprint density at radius 2 is 2.20 bits per heavy atom. The maximum Gasteiger partial charge on any atom is 0.228 e. The Morgan fingerprint density at radius 1 is 1.30 bits per heavy atom. The molecule has 3 N–H and O–H groups in total. The van der Waals surface area contributed by atoms with Crippen molar-refractivity contribution in [2.75, 3.05) is 23.7 Å². The summed E-state index contributed by atoms with van der Waals surface area (Å²) in [5.41, 5.74) is 2.76. The van der Waals surface area contributed by atoms with E-state index in [0.717, 1.165) is 49.3 Å². The fourth-order valence-corrected chi connectivity index (χ4v) is 2.78. The number of carbonyl (C=O) groups is 2. The molecule has 0 spiro atoms. The van der Waals surface area contributed by atoms with E-state index in [1.165, 1.54) is 0 Å². The summed E-state index contributed by atoms with van der Waals surface area (Å²) in [6, 6.07) is 5.67. The highest BCUT2D eigenvalue weighted by Crippen LogP contribution is 2.26. The van der Waals surface area contributed by atoms with Gasteiger partial charge in [0, 0.05) is 24.3 Å². The molecule has 5 nitrogen and oxygen atoms in total. The van der Waals surface area contributed by atoms with E-state index < -0.39 is 0 Å². The van der Waals surface area contributed by atoms with Crippen LogP contribution in [0.15, 0.2) is 18.2 Å². The molecule has 1 aromatic carbocycles. The van der Waals surface area contributed by atoms with Crippen LogP contribution in [0.25, 0.3) is 0 Å². The SMILES string of the molecule is O=C1CCc2cc(NC(=O)[C@@H]3CCCNC3)ccc2N1. The summed E-state index contributed by atoms with van der Waals surface area (Å²) < 4.78 is 0. The maximum atomic E-state index is 12.2. The fourth-order valence-electron chi connectivity index (χ4n) is 2.78. The molecule has 0 radical (unpaired) electrons. The molecule has 1 saturated heterocycles. The van der Waals surface area contributed by atoms with Gasteiger partial charge in [0.2, 0.25) is 11.8 Å². The molecule has 0 unspecified atom stereocenters. The molecule has 0 aromatic heterocycles. The van der Waals surface area contributed by atoms with Crippen LogP contribution in [0, 0.1) is 5.92 Å². The molecule has 3 rings (SSSR count). The number of carbonyl (C=O) groups excluding carboxylic acids is 2. The van der Waals surface area contributed by atoms with Crippen LogP contribution in [0.2, 0.25) is 0 Å². The zero-order chi connectivity index (χ0) is 13.9. The Hall–Kier alpha value is -1.88. The van der Waals surface area contributed by atoms with Gasteiger partial charge in [-0.05, 0) is 49.6 Å². The molecular weight excluding hydrogens is 254 g/mol. The van der Waals surface area contributed by atoms with E-state index >= 15 is 0 Å². The van der Waals surface area contributed by atoms with Gasteiger partial charge in [-0.2, -0.15) is 0 Å². The molecule has 20 heavy (non-hydrogen) atoms. The first-order valence-electron chi connectivity index (χ1n) is 7.17. The molecule has 5 heteroatoms. The second-order valence-electron chi connectivity index (χ2n) is 5.45. The van der Waals surface area contributed by atoms with Gasteiger partial charge in [0.15, 0.2) is 0 Å². The Morgan fingerprint density at radius 3 is 3.00 bits per heavy atom. The lowest BCUT2D eigenvalue weighted by molar-refractivity contribution is -0.120. The van der Waals surface area contributed by atoms with Crippen LogP contribution in [0.5, 0.6) is 0 Å². The molecule has 2 aliphatic heterocycles. The number of amides is 2. The number of hydrogen-bond donors (Lipinski definition) is 3. The van der Waals surface area contributed by atoms with E-state index in [9.17, 15) is 9.59 Å². The van der Waals surface area contributed by atoms with Gasteiger partial charge in [0.05, 0.1) is 5.92 Å². The predicted molar refractivity (Wildman–Crippen MR) is 77.6 cm³/mol. The lowest BCUT2D eigenvalue weighted by Gasteiger charge is -2.22. The Kier molecular flexibility index (Phi) is 3.69. The summed E-state index contributed by atoms with van der Waals surface area (Å²) in [6.45, 7) is 1.76. The van der Waals surface area contributed by atoms with Crippen molar-refractivity contribution in [1.29, 1.82) is 0 Å². The first kappa shape index (κ1) is 13.1. The van der Waals surface area contributed by atoms with Crippen LogP contribution in [-0.4, -0.2) is 24.9 Å². The van der Waals surface area contributed by atoms with E-state index in [4.69, 9.17) is 0 Å². The smallest absolute Gasteiger partial charge is 0.228 e. The molecule has 1 fully saturated rings. The van der Waals surface area contributed by atoms with Crippen molar-refractivity contribution >= 4 is 23.2 Å². The van der Waals surface area contributed by atoms with Crippen molar-refractivity contribution in [1.82, 2.24) is 5.32 Å². The molecule has 1 atom stereocenters. The molecule has 2 heterocycles. The van der Waals surface area contributed by atoms with Crippen molar-refractivity contribution in [2.24, 2.45) is 5.92 Å². The summed E-state index contributed by atoms with van der Waals surface area (Å²) in [5.74, 6) is 0.194. The minimum atomic E-state index is 0.0551. The normalized spacial score (nSPS) is 21.8. The number of rotatable bonds is 2. The number of fused-ring (bicyclic) bond motifs is 1. The van der Waals surface area contributed by atoms with Gasteiger partial charge in [0.1, 0.15) is 0 Å². The highest BCUT2D eigenvalue weighted by molar-refractivity contribution is 5.96. The molecular formula is C15H19N3O2. The van der Waals surface area contributed by atoms with Crippen LogP contribution in [0.3, 0.4) is 0 Å². The second kappa shape index (κ2) is 5.63. The van der Waals surface area contributed by atoms with Crippen LogP contribution in [0.1, 0.15) is 24.8 Å². The molecule has 106 valence electrons. The number of nitrogens with one attached hydrogen (secondary N) is 3. The summed E-state index contributed by atoms with van der Waals surface area (Å²) in [7, 11) is 0. The summed E-state index contributed by atoms with van der Waals surface area (Å²) in [4.78, 5) is 23.5. The molecule has 2 amide bonds. The van der Waals surface area contributed by atoms with E-state index in [1.807, 2.05) is 18.2 Å². The summed E-state index contributed by atoms with van der Waals surface area (Å²) in [6.07, 6.45) is 3.24. The number of aryl methyl sites for hydroxylation is 1. The fraction of sp³-hybridized carbons (Fsp3) is 0.467. The van der Waals surface area contributed by atoms with Gasteiger partial charge >= 0.3 is 0 Å². The largest absolute Gasteiger partial charge is 0.326 e. The van der Waals surface area contributed by atoms with Crippen molar-refractivity contribution < 1.29 is 9.59 Å². The molecule has 0 aliphatic carbocycles. The van der Waals surface area contributed by atoms with E-state index in [1.54, 1.807) is 0 Å². The van der Waals surface area contributed by atoms with E-state index in [-0.39, 0.29) is 17.7 Å². The van der Waals surface area contributed by atoms with E-state index in [0.29, 0.717) is 6.42 Å². The third-order valence-corrected chi connectivity index (χ3v) is 3.94. The third kappa shape index (κ3) is 2.82. The van der Waals surface area contributed by atoms with Crippen molar-refractivity contribution in [3.8, 4) is 0 Å². The van der Waals surface area contributed by atoms with E-state index in [2.05, 4.69) is 16.0 Å². The Balaban J connectivity index is 1.68. The van der Waals surface area contributed by atoms with Crippen molar-refractivity contribution in [3.63, 3.8) is 0 Å². The Bertz CT molecular complexity index is 536. The first-order valence-corrected chi connectivity index (χ1v) is 7.17. The maximum absolute atomic E-state index is 12.2. The standard InChI is InChI=1S/C15H19N3O2/c19-14-6-3-10-8-12(4-5-13(10)18-14)17-15(20)11-2-1-7-16-9-11/h4-5,8,11,16H,1-3,6-7,9H2,(H,17,20)(H,18,19)/t11-/m1/s1. The number of piperidine rings is 1. The van der Waals surface area contributed by atoms with Gasteiger partial charge in [-0.3, -0.25) is 9.59 Å². The van der Waals surface area contributed by atoms with Crippen LogP contribution in [0.4, 0.5) is 11.4 Å². The van der Waals surface area contributed by atoms with Gasteiger partial charge in [-0.25, -0.2) is 0 Å². The van der Waals surface area contributed by atoms with Crippen molar-refractivity contribution in [3.05, 3.63) is 23.8 Å². The van der Waals surface area contributed by atoms with Crippen LogP contribution in [-0.2, 0) is 16.0 Å². The van der Waals surface area contributed by atoms with Gasteiger partial charge in [-0.15, -0.1) is 0 Å². The number of anilines is 2. The third-order valence-electron chi connectivity index (χ3n) is 3.94. The average Bonchev–Trinajstić information content (AvgIpc) is 2.48. The Labute approximate surface area is 118 Å². The van der Waals surface area contributed by atoms with Crippen molar-refractivity contribution in [2.45, 2.75) is 25.7 Å². The monoisotopic (exact) mass is 273 g/mol. The van der Waals surface area contributed by atoms with Crippen LogP contribution >= 0.6 is 0 Å². The topological polar surface area (TPSA) is 70.2 Å². The summed E-state index contributed by atoms with van der Waals surface area (Å²) in [5, 5.41) is 9.07. The van der Waals surface area contributed by atoms with Crippen LogP contribution < -0.4 is 16.0 Å². The number of hydrogen-bond acceptors (Lipinski definition) is 3. The highest BCUT2D eigenvalue weighted by atomic mass is 16.2. The molecule has 0 saturated carbocycles. The van der Waals surface area contributed by atoms with Gasteiger partial charge in [0.25, 0.3) is 0 Å². The summed E-state index contributed by atoms with van der Waals surface area (Å²) >= 11 is 0. The molecule has 1 aromatic rings. The minimum Gasteiger partial charge on any atom is -0.326 e. The lowest BCUT2D eigenvalue weighted by Crippen LogP contribution is -2.37. The molecule has 0 bridgehead atoms. The zero-order valence-corrected chi connectivity index (χ0v) is 11.4. The predicted octanol–water partition coefficient (Wildman–Crippen LogP) is 1.51.